The SMILES string of the molecule is Cc1cccc(NC(=O)/C(C#N)=C\c2cc(C)n(-c3cc(C(=O)O)ccc3C)c2C)c1. The predicted molar refractivity (Wildman–Crippen MR) is 120 cm³/mol. The van der Waals surface area contributed by atoms with Gasteiger partial charge in [0.15, 0.2) is 0 Å². The fourth-order valence-corrected chi connectivity index (χ4v) is 3.51. The van der Waals surface area contributed by atoms with Crippen LogP contribution in [0.5, 0.6) is 0 Å². The van der Waals surface area contributed by atoms with E-state index in [1.165, 1.54) is 0 Å². The number of carbonyl (C=O) groups is 2. The van der Waals surface area contributed by atoms with Gasteiger partial charge in [-0.05, 0) is 80.8 Å². The van der Waals surface area contributed by atoms with Gasteiger partial charge >= 0.3 is 5.97 Å². The first-order chi connectivity index (χ1) is 14.7. The molecule has 1 amide bonds. The lowest BCUT2D eigenvalue weighted by Gasteiger charge is -2.13. The first-order valence-electron chi connectivity index (χ1n) is 9.74. The number of benzene rings is 2. The summed E-state index contributed by atoms with van der Waals surface area (Å²) in [7, 11) is 0. The molecular weight excluding hydrogens is 390 g/mol. The average molecular weight is 413 g/mol. The van der Waals surface area contributed by atoms with E-state index in [1.807, 2.05) is 62.6 Å². The zero-order chi connectivity index (χ0) is 22.7. The molecule has 6 nitrogen and oxygen atoms in total. The normalized spacial score (nSPS) is 11.1. The van der Waals surface area contributed by atoms with E-state index >= 15 is 0 Å². The maximum Gasteiger partial charge on any atom is 0.335 e. The van der Waals surface area contributed by atoms with Gasteiger partial charge in [0.1, 0.15) is 11.6 Å². The van der Waals surface area contributed by atoms with E-state index in [4.69, 9.17) is 0 Å². The second-order valence-corrected chi connectivity index (χ2v) is 7.46. The molecule has 3 aromatic rings. The number of aromatic carboxylic acids is 1. The molecule has 31 heavy (non-hydrogen) atoms. The Morgan fingerprint density at radius 3 is 2.45 bits per heavy atom. The largest absolute Gasteiger partial charge is 0.478 e. The van der Waals surface area contributed by atoms with E-state index < -0.39 is 11.9 Å². The van der Waals surface area contributed by atoms with Gasteiger partial charge in [-0.15, -0.1) is 0 Å². The van der Waals surface area contributed by atoms with Crippen LogP contribution < -0.4 is 5.32 Å². The molecule has 2 aromatic carbocycles. The number of amides is 1. The highest BCUT2D eigenvalue weighted by atomic mass is 16.4. The van der Waals surface area contributed by atoms with Crippen molar-refractivity contribution in [1.29, 1.82) is 5.26 Å². The van der Waals surface area contributed by atoms with E-state index in [1.54, 1.807) is 30.3 Å². The number of anilines is 1. The monoisotopic (exact) mass is 413 g/mol. The molecular formula is C25H23N3O3. The van der Waals surface area contributed by atoms with Crippen molar-refractivity contribution in [2.75, 3.05) is 5.32 Å². The van der Waals surface area contributed by atoms with Crippen LogP contribution in [-0.4, -0.2) is 21.6 Å². The minimum absolute atomic E-state index is 0.0160. The third-order valence-corrected chi connectivity index (χ3v) is 5.11. The summed E-state index contributed by atoms with van der Waals surface area (Å²) in [5.74, 6) is -1.48. The summed E-state index contributed by atoms with van der Waals surface area (Å²) in [6.45, 7) is 7.60. The summed E-state index contributed by atoms with van der Waals surface area (Å²) in [4.78, 5) is 24.0. The summed E-state index contributed by atoms with van der Waals surface area (Å²) >= 11 is 0. The van der Waals surface area contributed by atoms with Crippen LogP contribution >= 0.6 is 0 Å². The Labute approximate surface area is 181 Å². The van der Waals surface area contributed by atoms with E-state index in [-0.39, 0.29) is 11.1 Å². The number of hydrogen-bond donors (Lipinski definition) is 2. The van der Waals surface area contributed by atoms with Crippen molar-refractivity contribution < 1.29 is 14.7 Å². The quantitative estimate of drug-likeness (QED) is 0.457. The molecule has 1 heterocycles. The Morgan fingerprint density at radius 1 is 1.06 bits per heavy atom. The van der Waals surface area contributed by atoms with Crippen molar-refractivity contribution in [2.24, 2.45) is 0 Å². The van der Waals surface area contributed by atoms with E-state index in [0.717, 1.165) is 28.2 Å². The number of carbonyl (C=O) groups excluding carboxylic acids is 1. The van der Waals surface area contributed by atoms with Crippen LogP contribution in [0, 0.1) is 39.0 Å². The number of aryl methyl sites for hydroxylation is 3. The Bertz CT molecular complexity index is 1260. The molecule has 0 fully saturated rings. The van der Waals surface area contributed by atoms with Crippen LogP contribution in [0.15, 0.2) is 54.1 Å². The molecule has 1 aromatic heterocycles. The third-order valence-electron chi connectivity index (χ3n) is 5.11. The zero-order valence-electron chi connectivity index (χ0n) is 17.9. The number of nitriles is 1. The summed E-state index contributed by atoms with van der Waals surface area (Å²) in [5.41, 5.74) is 5.86. The molecule has 0 saturated heterocycles. The van der Waals surface area contributed by atoms with Gasteiger partial charge in [0.25, 0.3) is 5.91 Å². The van der Waals surface area contributed by atoms with Crippen molar-refractivity contribution in [1.82, 2.24) is 4.57 Å². The standard InChI is InChI=1S/C25H23N3O3/c1-15-6-5-7-22(10-15)27-24(29)21(14-26)12-20-11-17(3)28(18(20)4)23-13-19(25(30)31)9-8-16(23)2/h5-13H,1-4H3,(H,27,29)(H,30,31)/b21-12-. The van der Waals surface area contributed by atoms with Crippen LogP contribution in [0.4, 0.5) is 5.69 Å². The van der Waals surface area contributed by atoms with Crippen molar-refractivity contribution in [3.8, 4) is 11.8 Å². The molecule has 0 unspecified atom stereocenters. The number of nitrogens with one attached hydrogen (secondary N) is 1. The van der Waals surface area contributed by atoms with Crippen molar-refractivity contribution in [3.05, 3.63) is 87.7 Å². The topological polar surface area (TPSA) is 95.1 Å². The van der Waals surface area contributed by atoms with Crippen LogP contribution in [0.3, 0.4) is 0 Å². The van der Waals surface area contributed by atoms with Gasteiger partial charge in [-0.25, -0.2) is 4.79 Å². The Morgan fingerprint density at radius 2 is 1.81 bits per heavy atom. The van der Waals surface area contributed by atoms with Crippen LogP contribution in [0.1, 0.15) is 38.4 Å². The highest BCUT2D eigenvalue weighted by Crippen LogP contribution is 2.26. The fourth-order valence-electron chi connectivity index (χ4n) is 3.51. The molecule has 2 N–H and O–H groups in total. The summed E-state index contributed by atoms with van der Waals surface area (Å²) in [5, 5.41) is 21.7. The van der Waals surface area contributed by atoms with Gasteiger partial charge in [-0.3, -0.25) is 4.79 Å². The van der Waals surface area contributed by atoms with Gasteiger partial charge < -0.3 is 15.0 Å². The van der Waals surface area contributed by atoms with Gasteiger partial charge in [-0.2, -0.15) is 5.26 Å². The third kappa shape index (κ3) is 4.57. The number of carboxylic acid groups (broad SMARTS) is 1. The molecule has 0 aliphatic heterocycles. The molecule has 0 aliphatic carbocycles. The molecule has 156 valence electrons. The Balaban J connectivity index is 2.00. The predicted octanol–water partition coefficient (Wildman–Crippen LogP) is 4.95. The number of nitrogens with zero attached hydrogens (tertiary/aromatic N) is 2. The highest BCUT2D eigenvalue weighted by Gasteiger charge is 2.16. The summed E-state index contributed by atoms with van der Waals surface area (Å²) in [6, 6.07) is 16.2. The van der Waals surface area contributed by atoms with E-state index in [9.17, 15) is 20.0 Å². The van der Waals surface area contributed by atoms with Crippen LogP contribution in [0.2, 0.25) is 0 Å². The number of rotatable bonds is 5. The molecule has 3 rings (SSSR count). The van der Waals surface area contributed by atoms with Crippen LogP contribution in [0.25, 0.3) is 11.8 Å². The molecule has 0 spiro atoms. The minimum atomic E-state index is -0.997. The Kier molecular flexibility index (Phi) is 6.07. The molecule has 0 saturated carbocycles. The van der Waals surface area contributed by atoms with Gasteiger partial charge in [0.2, 0.25) is 0 Å². The van der Waals surface area contributed by atoms with Crippen molar-refractivity contribution in [2.45, 2.75) is 27.7 Å². The van der Waals surface area contributed by atoms with Gasteiger partial charge in [-0.1, -0.05) is 18.2 Å². The number of carboxylic acids is 1. The molecule has 0 aliphatic rings. The van der Waals surface area contributed by atoms with E-state index in [2.05, 4.69) is 5.32 Å². The second kappa shape index (κ2) is 8.72. The number of hydrogen-bond acceptors (Lipinski definition) is 3. The summed E-state index contributed by atoms with van der Waals surface area (Å²) < 4.78 is 1.93. The lowest BCUT2D eigenvalue weighted by Crippen LogP contribution is -2.13. The smallest absolute Gasteiger partial charge is 0.335 e. The zero-order valence-corrected chi connectivity index (χ0v) is 17.9. The van der Waals surface area contributed by atoms with Crippen molar-refractivity contribution >= 4 is 23.6 Å². The molecule has 0 radical (unpaired) electrons. The van der Waals surface area contributed by atoms with Crippen LogP contribution in [-0.2, 0) is 4.79 Å². The molecule has 6 heteroatoms. The minimum Gasteiger partial charge on any atom is -0.478 e. The maximum absolute atomic E-state index is 12.6. The first kappa shape index (κ1) is 21.6. The first-order valence-corrected chi connectivity index (χ1v) is 9.74. The molecule has 0 bridgehead atoms. The van der Waals surface area contributed by atoms with E-state index in [0.29, 0.717) is 11.3 Å². The fraction of sp³-hybridized carbons (Fsp3) is 0.160. The van der Waals surface area contributed by atoms with Crippen molar-refractivity contribution in [3.63, 3.8) is 0 Å². The lowest BCUT2D eigenvalue weighted by molar-refractivity contribution is -0.112. The highest BCUT2D eigenvalue weighted by molar-refractivity contribution is 6.09. The van der Waals surface area contributed by atoms with Gasteiger partial charge in [0, 0.05) is 22.8 Å². The lowest BCUT2D eigenvalue weighted by atomic mass is 10.1. The number of aromatic nitrogens is 1. The average Bonchev–Trinajstić information content (AvgIpc) is 2.99. The van der Waals surface area contributed by atoms with Gasteiger partial charge in [0.05, 0.1) is 5.56 Å². The maximum atomic E-state index is 12.6. The second-order valence-electron chi connectivity index (χ2n) is 7.46. The molecule has 0 atom stereocenters. The summed E-state index contributed by atoms with van der Waals surface area (Å²) in [6.07, 6.45) is 1.56. The Hall–Kier alpha value is -4.11.